The van der Waals surface area contributed by atoms with Gasteiger partial charge in [0.1, 0.15) is 12.1 Å². The Balaban J connectivity index is 2.08. The Bertz CT molecular complexity index is 1370. The maximum Gasteiger partial charge on any atom is 0.268 e. The molecule has 1 heterocycles. The first-order chi connectivity index (χ1) is 15.7. The molecule has 3 aromatic rings. The van der Waals surface area contributed by atoms with Crippen molar-refractivity contribution in [2.45, 2.75) is 38.0 Å². The van der Waals surface area contributed by atoms with E-state index < -0.39 is 15.9 Å². The van der Waals surface area contributed by atoms with Crippen molar-refractivity contribution in [2.24, 2.45) is 0 Å². The number of allylic oxidation sites excluding steroid dienone is 1. The molecule has 0 N–H and O–H groups in total. The molecule has 0 fully saturated rings. The van der Waals surface area contributed by atoms with Crippen LogP contribution in [0.4, 0.5) is 5.69 Å². The smallest absolute Gasteiger partial charge is 0.268 e. The minimum Gasteiger partial charge on any atom is -0.300 e. The lowest BCUT2D eigenvalue weighted by molar-refractivity contribution is -0.117. The number of hydrogen-bond donors (Lipinski definition) is 0. The number of aldehydes is 1. The van der Waals surface area contributed by atoms with E-state index in [1.54, 1.807) is 54.6 Å². The van der Waals surface area contributed by atoms with Gasteiger partial charge >= 0.3 is 0 Å². The molecule has 0 saturated carbocycles. The molecule has 6 heteroatoms. The van der Waals surface area contributed by atoms with Gasteiger partial charge in [-0.15, -0.1) is 0 Å². The number of Topliss-reactive ketones (excluding diaryl/α,β-unsaturated/α-hetero) is 1. The molecule has 1 aliphatic heterocycles. The third-order valence-corrected chi connectivity index (χ3v) is 7.58. The molecule has 5 nitrogen and oxygen atoms in total. The zero-order valence-electron chi connectivity index (χ0n) is 18.8. The Morgan fingerprint density at radius 1 is 0.939 bits per heavy atom. The fraction of sp³-hybridized carbons (Fsp3) is 0.185. The lowest BCUT2D eigenvalue weighted by Crippen LogP contribution is -2.35. The standard InChI is InChI=1S/C27H25NO4S/c1-18-11-13-22(14-12-18)33(31,32)28-26-10-5-4-9-23(26)24(16-20(3)30)25(17-29)27(28)21-8-6-7-19(2)15-21/h4-15,17,24H,16H2,1-3H3/t24-/m1/s1. The number of carbonyl (C=O) groups is 2. The molecule has 1 aliphatic rings. The molecule has 0 aliphatic carbocycles. The number of aryl methyl sites for hydroxylation is 2. The van der Waals surface area contributed by atoms with Crippen molar-refractivity contribution in [3.63, 3.8) is 0 Å². The minimum atomic E-state index is -4.07. The zero-order chi connectivity index (χ0) is 23.8. The van der Waals surface area contributed by atoms with Crippen LogP contribution >= 0.6 is 0 Å². The maximum absolute atomic E-state index is 14.0. The normalized spacial score (nSPS) is 15.8. The van der Waals surface area contributed by atoms with E-state index >= 15 is 0 Å². The number of ketones is 1. The third kappa shape index (κ3) is 4.14. The van der Waals surface area contributed by atoms with Gasteiger partial charge < -0.3 is 0 Å². The number of anilines is 1. The molecule has 0 saturated heterocycles. The van der Waals surface area contributed by atoms with Gasteiger partial charge in [0, 0.05) is 17.9 Å². The summed E-state index contributed by atoms with van der Waals surface area (Å²) in [6, 6.07) is 21.1. The van der Waals surface area contributed by atoms with Crippen LogP contribution in [0, 0.1) is 13.8 Å². The third-order valence-electron chi connectivity index (χ3n) is 5.85. The van der Waals surface area contributed by atoms with Gasteiger partial charge in [-0.1, -0.05) is 59.7 Å². The quantitative estimate of drug-likeness (QED) is 0.476. The Labute approximate surface area is 194 Å². The fourth-order valence-corrected chi connectivity index (χ4v) is 5.89. The molecule has 0 radical (unpaired) electrons. The highest BCUT2D eigenvalue weighted by Crippen LogP contribution is 2.47. The van der Waals surface area contributed by atoms with Crippen LogP contribution in [-0.4, -0.2) is 20.5 Å². The summed E-state index contributed by atoms with van der Waals surface area (Å²) in [5.74, 6) is -0.608. The van der Waals surface area contributed by atoms with Gasteiger partial charge in [-0.05, 0) is 56.2 Å². The van der Waals surface area contributed by atoms with Crippen LogP contribution in [0.1, 0.15) is 41.5 Å². The highest BCUT2D eigenvalue weighted by Gasteiger charge is 2.40. The van der Waals surface area contributed by atoms with Crippen molar-refractivity contribution in [3.05, 3.63) is 101 Å². The lowest BCUT2D eigenvalue weighted by atomic mass is 9.81. The molecule has 0 unspecified atom stereocenters. The predicted molar refractivity (Wildman–Crippen MR) is 129 cm³/mol. The summed E-state index contributed by atoms with van der Waals surface area (Å²) in [5, 5.41) is 0. The van der Waals surface area contributed by atoms with Crippen molar-refractivity contribution in [2.75, 3.05) is 4.31 Å². The van der Waals surface area contributed by atoms with Crippen LogP contribution in [-0.2, 0) is 19.6 Å². The molecule has 33 heavy (non-hydrogen) atoms. The van der Waals surface area contributed by atoms with Gasteiger partial charge in [0.25, 0.3) is 10.0 Å². The molecule has 3 aromatic carbocycles. The Kier molecular flexibility index (Phi) is 6.04. The summed E-state index contributed by atoms with van der Waals surface area (Å²) in [6.45, 7) is 5.28. The van der Waals surface area contributed by atoms with Gasteiger partial charge in [0.15, 0.2) is 0 Å². The average molecular weight is 460 g/mol. The highest BCUT2D eigenvalue weighted by molar-refractivity contribution is 7.93. The molecule has 0 amide bonds. The van der Waals surface area contributed by atoms with E-state index in [0.717, 1.165) is 11.1 Å². The van der Waals surface area contributed by atoms with Crippen molar-refractivity contribution in [3.8, 4) is 0 Å². The van der Waals surface area contributed by atoms with E-state index in [9.17, 15) is 18.0 Å². The van der Waals surface area contributed by atoms with Gasteiger partial charge in [0.05, 0.1) is 16.3 Å². The van der Waals surface area contributed by atoms with Crippen molar-refractivity contribution < 1.29 is 18.0 Å². The number of carbonyl (C=O) groups excluding carboxylic acids is 2. The second-order valence-electron chi connectivity index (χ2n) is 8.39. The average Bonchev–Trinajstić information content (AvgIpc) is 2.78. The predicted octanol–water partition coefficient (Wildman–Crippen LogP) is 5.19. The number of nitrogens with zero attached hydrogens (tertiary/aromatic N) is 1. The monoisotopic (exact) mass is 459 g/mol. The zero-order valence-corrected chi connectivity index (χ0v) is 19.6. The SMILES string of the molecule is CC(=O)C[C@H]1C(C=O)=C(c2cccc(C)c2)N(S(=O)(=O)c2ccc(C)cc2)c2ccccc21. The van der Waals surface area contributed by atoms with Crippen LogP contribution in [0.5, 0.6) is 0 Å². The van der Waals surface area contributed by atoms with Crippen molar-refractivity contribution in [1.82, 2.24) is 0 Å². The second-order valence-corrected chi connectivity index (χ2v) is 10.2. The number of sulfonamides is 1. The summed E-state index contributed by atoms with van der Waals surface area (Å²) in [5.41, 5.74) is 4.14. The molecule has 168 valence electrons. The van der Waals surface area contributed by atoms with Gasteiger partial charge in [-0.25, -0.2) is 12.7 Å². The first kappa shape index (κ1) is 22.7. The van der Waals surface area contributed by atoms with Crippen LogP contribution in [0.2, 0.25) is 0 Å². The Morgan fingerprint density at radius 3 is 2.27 bits per heavy atom. The topological polar surface area (TPSA) is 71.5 Å². The van der Waals surface area contributed by atoms with E-state index in [1.807, 2.05) is 32.0 Å². The van der Waals surface area contributed by atoms with Gasteiger partial charge in [0.2, 0.25) is 0 Å². The summed E-state index contributed by atoms with van der Waals surface area (Å²) < 4.78 is 29.3. The summed E-state index contributed by atoms with van der Waals surface area (Å²) in [6.07, 6.45) is 0.803. The van der Waals surface area contributed by atoms with E-state index in [2.05, 4.69) is 0 Å². The molecule has 0 bridgehead atoms. The van der Waals surface area contributed by atoms with Gasteiger partial charge in [-0.3, -0.25) is 9.59 Å². The molecule has 0 aromatic heterocycles. The Morgan fingerprint density at radius 2 is 1.64 bits per heavy atom. The first-order valence-corrected chi connectivity index (χ1v) is 12.1. The van der Waals surface area contributed by atoms with E-state index in [1.165, 1.54) is 11.2 Å². The van der Waals surface area contributed by atoms with Crippen molar-refractivity contribution in [1.29, 1.82) is 0 Å². The van der Waals surface area contributed by atoms with E-state index in [-0.39, 0.29) is 22.7 Å². The fourth-order valence-electron chi connectivity index (χ4n) is 4.32. The molecule has 0 spiro atoms. The first-order valence-electron chi connectivity index (χ1n) is 10.7. The highest BCUT2D eigenvalue weighted by atomic mass is 32.2. The van der Waals surface area contributed by atoms with E-state index in [4.69, 9.17) is 0 Å². The maximum atomic E-state index is 14.0. The Hall–Kier alpha value is -3.51. The van der Waals surface area contributed by atoms with Crippen LogP contribution in [0.3, 0.4) is 0 Å². The van der Waals surface area contributed by atoms with Crippen LogP contribution in [0.15, 0.2) is 83.3 Å². The number of benzene rings is 3. The van der Waals surface area contributed by atoms with E-state index in [0.29, 0.717) is 28.8 Å². The molecular weight excluding hydrogens is 434 g/mol. The van der Waals surface area contributed by atoms with Crippen LogP contribution in [0.25, 0.3) is 5.70 Å². The number of fused-ring (bicyclic) bond motifs is 1. The molecule has 1 atom stereocenters. The van der Waals surface area contributed by atoms with Crippen LogP contribution < -0.4 is 4.31 Å². The molecule has 4 rings (SSSR count). The lowest BCUT2D eigenvalue weighted by Gasteiger charge is -2.37. The van der Waals surface area contributed by atoms with Crippen molar-refractivity contribution >= 4 is 33.5 Å². The summed E-state index contributed by atoms with van der Waals surface area (Å²) in [4.78, 5) is 24.8. The number of rotatable bonds is 6. The minimum absolute atomic E-state index is 0.0763. The van der Waals surface area contributed by atoms with Gasteiger partial charge in [-0.2, -0.15) is 0 Å². The number of para-hydroxylation sites is 1. The second kappa shape index (κ2) is 8.79. The molecular formula is C27H25NO4S. The number of hydrogen-bond acceptors (Lipinski definition) is 4. The summed E-state index contributed by atoms with van der Waals surface area (Å²) >= 11 is 0. The largest absolute Gasteiger partial charge is 0.300 e. The summed E-state index contributed by atoms with van der Waals surface area (Å²) in [7, 11) is -4.07.